The van der Waals surface area contributed by atoms with Crippen LogP contribution in [0.5, 0.6) is 0 Å². The topological polar surface area (TPSA) is 83.2 Å². The van der Waals surface area contributed by atoms with Crippen molar-refractivity contribution in [3.63, 3.8) is 0 Å². The molecule has 0 aliphatic carbocycles. The van der Waals surface area contributed by atoms with E-state index in [4.69, 9.17) is 5.73 Å². The summed E-state index contributed by atoms with van der Waals surface area (Å²) < 4.78 is 0. The molecule has 0 atom stereocenters. The Hall–Kier alpha value is -2.41. The van der Waals surface area contributed by atoms with E-state index < -0.39 is 0 Å². The quantitative estimate of drug-likeness (QED) is 0.875. The first kappa shape index (κ1) is 15.5. The summed E-state index contributed by atoms with van der Waals surface area (Å²) in [4.78, 5) is 18.0. The van der Waals surface area contributed by atoms with Crippen molar-refractivity contribution in [3.05, 3.63) is 35.7 Å². The zero-order chi connectivity index (χ0) is 16.2. The van der Waals surface area contributed by atoms with Gasteiger partial charge in [-0.15, -0.1) is 0 Å². The number of nitrogen functional groups attached to an aromatic ring is 1. The van der Waals surface area contributed by atoms with Gasteiger partial charge in [-0.3, -0.25) is 9.88 Å². The number of aromatic nitrogens is 3. The highest BCUT2D eigenvalue weighted by molar-refractivity contribution is 5.58. The molecule has 1 saturated heterocycles. The summed E-state index contributed by atoms with van der Waals surface area (Å²) in [5, 5.41) is 3.08. The minimum atomic E-state index is 0.537. The van der Waals surface area contributed by atoms with Crippen molar-refractivity contribution in [1.82, 2.24) is 19.9 Å². The molecule has 1 aliphatic rings. The average molecular weight is 313 g/mol. The first-order chi connectivity index (χ1) is 11.2. The maximum absolute atomic E-state index is 6.00. The van der Waals surface area contributed by atoms with E-state index in [-0.39, 0.29) is 0 Å². The molecule has 3 heterocycles. The molecule has 23 heavy (non-hydrogen) atoms. The van der Waals surface area contributed by atoms with Gasteiger partial charge in [0.1, 0.15) is 11.6 Å². The Labute approximate surface area is 136 Å². The van der Waals surface area contributed by atoms with Crippen molar-refractivity contribution in [2.24, 2.45) is 0 Å². The minimum Gasteiger partial charge on any atom is -0.383 e. The second-order valence-corrected chi connectivity index (χ2v) is 5.72. The molecule has 0 amide bonds. The van der Waals surface area contributed by atoms with Crippen LogP contribution in [0.2, 0.25) is 0 Å². The van der Waals surface area contributed by atoms with Gasteiger partial charge in [0.25, 0.3) is 0 Å². The summed E-state index contributed by atoms with van der Waals surface area (Å²) in [5.74, 6) is 2.04. The van der Waals surface area contributed by atoms with Crippen LogP contribution in [0.25, 0.3) is 0 Å². The Morgan fingerprint density at radius 1 is 1.17 bits per heavy atom. The molecule has 3 N–H and O–H groups in total. The van der Waals surface area contributed by atoms with Gasteiger partial charge in [-0.1, -0.05) is 6.07 Å². The van der Waals surface area contributed by atoms with E-state index in [2.05, 4.69) is 36.1 Å². The molecule has 0 saturated carbocycles. The average Bonchev–Trinajstić information content (AvgIpc) is 2.59. The summed E-state index contributed by atoms with van der Waals surface area (Å²) in [5.41, 5.74) is 8.00. The van der Waals surface area contributed by atoms with Crippen LogP contribution in [-0.4, -0.2) is 53.1 Å². The summed E-state index contributed by atoms with van der Waals surface area (Å²) in [6.45, 7) is 6.51. The molecule has 1 fully saturated rings. The Morgan fingerprint density at radius 3 is 2.61 bits per heavy atom. The minimum absolute atomic E-state index is 0.537. The van der Waals surface area contributed by atoms with Crippen LogP contribution in [0.1, 0.15) is 11.3 Å². The van der Waals surface area contributed by atoms with Gasteiger partial charge in [-0.05, 0) is 19.1 Å². The zero-order valence-corrected chi connectivity index (χ0v) is 13.7. The van der Waals surface area contributed by atoms with E-state index >= 15 is 0 Å². The predicted octanol–water partition coefficient (Wildman–Crippen LogP) is 1.13. The van der Waals surface area contributed by atoms with Gasteiger partial charge in [-0.25, -0.2) is 0 Å². The lowest BCUT2D eigenvalue weighted by Crippen LogP contribution is -2.46. The van der Waals surface area contributed by atoms with E-state index in [1.807, 2.05) is 32.3 Å². The van der Waals surface area contributed by atoms with Crippen molar-refractivity contribution in [2.75, 3.05) is 49.2 Å². The van der Waals surface area contributed by atoms with Gasteiger partial charge in [0.05, 0.1) is 5.69 Å². The van der Waals surface area contributed by atoms with Crippen LogP contribution >= 0.6 is 0 Å². The number of rotatable bonds is 4. The predicted molar refractivity (Wildman–Crippen MR) is 92.5 cm³/mol. The molecule has 3 rings (SSSR count). The number of hydrogen-bond acceptors (Lipinski definition) is 7. The van der Waals surface area contributed by atoms with Crippen molar-refractivity contribution in [1.29, 1.82) is 0 Å². The third-order valence-electron chi connectivity index (χ3n) is 4.18. The van der Waals surface area contributed by atoms with Gasteiger partial charge in [0, 0.05) is 51.5 Å². The largest absolute Gasteiger partial charge is 0.383 e. The summed E-state index contributed by atoms with van der Waals surface area (Å²) >= 11 is 0. The Kier molecular flexibility index (Phi) is 4.57. The van der Waals surface area contributed by atoms with Crippen LogP contribution in [-0.2, 0) is 6.54 Å². The van der Waals surface area contributed by atoms with E-state index in [0.29, 0.717) is 11.8 Å². The molecule has 0 unspecified atom stereocenters. The zero-order valence-electron chi connectivity index (χ0n) is 13.7. The van der Waals surface area contributed by atoms with Crippen molar-refractivity contribution in [3.8, 4) is 0 Å². The molecule has 2 aromatic rings. The number of piperazine rings is 1. The third-order valence-corrected chi connectivity index (χ3v) is 4.18. The summed E-state index contributed by atoms with van der Waals surface area (Å²) in [7, 11) is 1.85. The van der Waals surface area contributed by atoms with Gasteiger partial charge >= 0.3 is 0 Å². The fourth-order valence-corrected chi connectivity index (χ4v) is 2.73. The molecule has 0 spiro atoms. The smallest absolute Gasteiger partial charge is 0.229 e. The molecule has 0 aromatic carbocycles. The number of anilines is 3. The fraction of sp³-hybridized carbons (Fsp3) is 0.438. The van der Waals surface area contributed by atoms with E-state index in [1.54, 1.807) is 0 Å². The molecule has 7 heteroatoms. The van der Waals surface area contributed by atoms with Crippen LogP contribution in [0.3, 0.4) is 0 Å². The Balaban J connectivity index is 1.64. The SMILES string of the molecule is CNc1nc(N2CCN(Cc3ccccn3)CC2)nc(N)c1C. The molecule has 0 radical (unpaired) electrons. The standard InChI is InChI=1S/C16H23N7/c1-12-14(17)20-16(21-15(12)18-2)23-9-7-22(8-10-23)11-13-5-3-4-6-19-13/h3-6H,7-11H2,1-2H3,(H3,17,18,20,21). The summed E-state index contributed by atoms with van der Waals surface area (Å²) in [6.07, 6.45) is 1.84. The van der Waals surface area contributed by atoms with Gasteiger partial charge in [-0.2, -0.15) is 9.97 Å². The number of nitrogens with zero attached hydrogens (tertiary/aromatic N) is 5. The van der Waals surface area contributed by atoms with Crippen LogP contribution in [0.4, 0.5) is 17.6 Å². The highest BCUT2D eigenvalue weighted by Gasteiger charge is 2.20. The molecule has 0 bridgehead atoms. The molecule has 122 valence electrons. The lowest BCUT2D eigenvalue weighted by atomic mass is 10.2. The molecule has 1 aliphatic heterocycles. The molecule has 2 aromatic heterocycles. The van der Waals surface area contributed by atoms with Crippen molar-refractivity contribution in [2.45, 2.75) is 13.5 Å². The van der Waals surface area contributed by atoms with Crippen molar-refractivity contribution >= 4 is 17.6 Å². The Bertz CT molecular complexity index is 651. The maximum atomic E-state index is 6.00. The van der Waals surface area contributed by atoms with Crippen LogP contribution < -0.4 is 16.0 Å². The normalized spacial score (nSPS) is 15.7. The molecular weight excluding hydrogens is 290 g/mol. The monoisotopic (exact) mass is 313 g/mol. The van der Waals surface area contributed by atoms with Crippen molar-refractivity contribution < 1.29 is 0 Å². The number of pyridine rings is 1. The van der Waals surface area contributed by atoms with E-state index in [0.717, 1.165) is 49.8 Å². The van der Waals surface area contributed by atoms with E-state index in [9.17, 15) is 0 Å². The van der Waals surface area contributed by atoms with Gasteiger partial charge in [0.2, 0.25) is 5.95 Å². The fourth-order valence-electron chi connectivity index (χ4n) is 2.73. The second-order valence-electron chi connectivity index (χ2n) is 5.72. The lowest BCUT2D eigenvalue weighted by Gasteiger charge is -2.34. The third kappa shape index (κ3) is 3.50. The van der Waals surface area contributed by atoms with Gasteiger partial charge < -0.3 is 16.0 Å². The van der Waals surface area contributed by atoms with Crippen LogP contribution in [0.15, 0.2) is 24.4 Å². The maximum Gasteiger partial charge on any atom is 0.229 e. The number of nitrogens with one attached hydrogen (secondary N) is 1. The van der Waals surface area contributed by atoms with E-state index in [1.165, 1.54) is 0 Å². The number of hydrogen-bond donors (Lipinski definition) is 2. The van der Waals surface area contributed by atoms with Gasteiger partial charge in [0.15, 0.2) is 0 Å². The Morgan fingerprint density at radius 2 is 1.96 bits per heavy atom. The lowest BCUT2D eigenvalue weighted by molar-refractivity contribution is 0.246. The molecule has 7 nitrogen and oxygen atoms in total. The first-order valence-corrected chi connectivity index (χ1v) is 7.86. The summed E-state index contributed by atoms with van der Waals surface area (Å²) in [6, 6.07) is 6.04. The highest BCUT2D eigenvalue weighted by atomic mass is 15.3. The first-order valence-electron chi connectivity index (χ1n) is 7.86. The van der Waals surface area contributed by atoms with Crippen LogP contribution in [0, 0.1) is 6.92 Å². The number of nitrogens with two attached hydrogens (primary N) is 1. The highest BCUT2D eigenvalue weighted by Crippen LogP contribution is 2.22. The molecular formula is C16H23N7. The second kappa shape index (κ2) is 6.78.